The van der Waals surface area contributed by atoms with Gasteiger partial charge in [0.05, 0.1) is 11.0 Å². The van der Waals surface area contributed by atoms with Gasteiger partial charge in [-0.3, -0.25) is 10.1 Å². The van der Waals surface area contributed by atoms with E-state index in [2.05, 4.69) is 11.9 Å². The number of pyridine rings is 1. The Morgan fingerprint density at radius 1 is 1.67 bits per heavy atom. The third-order valence-corrected chi connectivity index (χ3v) is 3.10. The van der Waals surface area contributed by atoms with Crippen LogP contribution in [0.15, 0.2) is 17.2 Å². The molecule has 1 aromatic heterocycles. The van der Waals surface area contributed by atoms with E-state index in [0.29, 0.717) is 10.3 Å². The van der Waals surface area contributed by atoms with Crippen molar-refractivity contribution in [3.05, 3.63) is 22.2 Å². The van der Waals surface area contributed by atoms with E-state index < -0.39 is 4.92 Å². The molecule has 2 N–H and O–H groups in total. The molecule has 1 atom stereocenters. The van der Waals surface area contributed by atoms with Crippen LogP contribution >= 0.6 is 11.8 Å². The van der Waals surface area contributed by atoms with Crippen molar-refractivity contribution >= 4 is 23.3 Å². The molecule has 15 heavy (non-hydrogen) atoms. The fourth-order valence-electron chi connectivity index (χ4n) is 0.967. The highest BCUT2D eigenvalue weighted by Gasteiger charge is 2.11. The topological polar surface area (TPSA) is 82.0 Å². The van der Waals surface area contributed by atoms with E-state index in [-0.39, 0.29) is 11.5 Å². The Hall–Kier alpha value is -1.30. The van der Waals surface area contributed by atoms with Crippen molar-refractivity contribution in [3.63, 3.8) is 0 Å². The van der Waals surface area contributed by atoms with Crippen molar-refractivity contribution in [1.29, 1.82) is 0 Å². The van der Waals surface area contributed by atoms with Crippen LogP contribution < -0.4 is 5.73 Å². The van der Waals surface area contributed by atoms with Crippen LogP contribution in [0.4, 0.5) is 11.5 Å². The van der Waals surface area contributed by atoms with Crippen LogP contribution in [0.5, 0.6) is 0 Å². The third-order valence-electron chi connectivity index (χ3n) is 1.91. The number of rotatable bonds is 4. The highest BCUT2D eigenvalue weighted by Crippen LogP contribution is 2.27. The molecule has 0 spiro atoms. The fraction of sp³-hybridized carbons (Fsp3) is 0.444. The van der Waals surface area contributed by atoms with E-state index in [1.807, 2.05) is 6.92 Å². The highest BCUT2D eigenvalue weighted by atomic mass is 32.2. The fourth-order valence-corrected chi connectivity index (χ4v) is 1.89. The van der Waals surface area contributed by atoms with Gasteiger partial charge in [0.25, 0.3) is 5.69 Å². The number of nitrogens with zero attached hydrogens (tertiary/aromatic N) is 2. The van der Waals surface area contributed by atoms with Crippen molar-refractivity contribution in [2.45, 2.75) is 30.5 Å². The van der Waals surface area contributed by atoms with Crippen LogP contribution in [-0.2, 0) is 0 Å². The van der Waals surface area contributed by atoms with Crippen molar-refractivity contribution in [1.82, 2.24) is 4.98 Å². The predicted molar refractivity (Wildman–Crippen MR) is 60.9 cm³/mol. The molecule has 0 fully saturated rings. The van der Waals surface area contributed by atoms with Gasteiger partial charge in [-0.1, -0.05) is 13.8 Å². The minimum Gasteiger partial charge on any atom is -0.383 e. The lowest BCUT2D eigenvalue weighted by molar-refractivity contribution is -0.385. The summed E-state index contributed by atoms with van der Waals surface area (Å²) in [5, 5.41) is 11.6. The predicted octanol–water partition coefficient (Wildman–Crippen LogP) is 2.46. The smallest absolute Gasteiger partial charge is 0.275 e. The normalized spacial score (nSPS) is 12.4. The zero-order valence-electron chi connectivity index (χ0n) is 8.64. The molecule has 0 aliphatic heterocycles. The minimum atomic E-state index is -0.460. The molecule has 1 unspecified atom stereocenters. The molecule has 82 valence electrons. The van der Waals surface area contributed by atoms with Crippen LogP contribution in [0.25, 0.3) is 0 Å². The maximum atomic E-state index is 10.6. The molecular formula is C9H13N3O2S. The monoisotopic (exact) mass is 227 g/mol. The summed E-state index contributed by atoms with van der Waals surface area (Å²) in [6, 6.07) is 2.72. The molecule has 0 radical (unpaired) electrons. The zero-order valence-corrected chi connectivity index (χ0v) is 9.45. The third kappa shape index (κ3) is 3.39. The summed E-state index contributed by atoms with van der Waals surface area (Å²) in [7, 11) is 0. The second-order valence-corrected chi connectivity index (χ2v) is 4.64. The van der Waals surface area contributed by atoms with Crippen molar-refractivity contribution < 1.29 is 4.92 Å². The number of anilines is 1. The molecule has 6 heteroatoms. The number of hydrogen-bond acceptors (Lipinski definition) is 5. The van der Waals surface area contributed by atoms with Crippen LogP contribution in [0, 0.1) is 10.1 Å². The molecule has 1 heterocycles. The van der Waals surface area contributed by atoms with E-state index in [1.165, 1.54) is 23.9 Å². The van der Waals surface area contributed by atoms with Crippen LogP contribution in [-0.4, -0.2) is 15.2 Å². The van der Waals surface area contributed by atoms with Crippen molar-refractivity contribution in [2.24, 2.45) is 0 Å². The molecule has 0 aliphatic rings. The molecule has 1 aromatic rings. The van der Waals surface area contributed by atoms with E-state index in [9.17, 15) is 10.1 Å². The van der Waals surface area contributed by atoms with Crippen LogP contribution in [0.1, 0.15) is 20.3 Å². The Bertz CT molecular complexity index is 370. The quantitative estimate of drug-likeness (QED) is 0.485. The minimum absolute atomic E-state index is 0.00620. The van der Waals surface area contributed by atoms with Gasteiger partial charge in [-0.15, -0.1) is 11.8 Å². The van der Waals surface area contributed by atoms with Crippen molar-refractivity contribution in [2.75, 3.05) is 5.73 Å². The summed E-state index contributed by atoms with van der Waals surface area (Å²) in [6.07, 6.45) is 0.981. The van der Waals surface area contributed by atoms with Gasteiger partial charge in [0.2, 0.25) is 0 Å². The highest BCUT2D eigenvalue weighted by molar-refractivity contribution is 7.99. The molecule has 0 saturated carbocycles. The van der Waals surface area contributed by atoms with Gasteiger partial charge < -0.3 is 5.73 Å². The molecular weight excluding hydrogens is 214 g/mol. The van der Waals surface area contributed by atoms with Gasteiger partial charge in [0.15, 0.2) is 0 Å². The van der Waals surface area contributed by atoms with Gasteiger partial charge in [-0.2, -0.15) is 0 Å². The summed E-state index contributed by atoms with van der Waals surface area (Å²) in [6.45, 7) is 4.10. The first-order chi connectivity index (χ1) is 7.02. The molecule has 0 bridgehead atoms. The zero-order chi connectivity index (χ0) is 11.4. The molecule has 0 amide bonds. The molecule has 1 rings (SSSR count). The Balaban J connectivity index is 2.93. The lowest BCUT2D eigenvalue weighted by atomic mass is 10.4. The van der Waals surface area contributed by atoms with Gasteiger partial charge >= 0.3 is 0 Å². The molecule has 0 aromatic carbocycles. The Morgan fingerprint density at radius 2 is 2.33 bits per heavy atom. The maximum absolute atomic E-state index is 10.6. The van der Waals surface area contributed by atoms with Gasteiger partial charge in [0.1, 0.15) is 10.8 Å². The molecule has 5 nitrogen and oxygen atoms in total. The Labute approximate surface area is 92.2 Å². The number of nitro groups is 1. The first-order valence-electron chi connectivity index (χ1n) is 4.61. The maximum Gasteiger partial charge on any atom is 0.275 e. The van der Waals surface area contributed by atoms with E-state index in [1.54, 1.807) is 0 Å². The van der Waals surface area contributed by atoms with Gasteiger partial charge in [0, 0.05) is 11.3 Å². The van der Waals surface area contributed by atoms with E-state index in [0.717, 1.165) is 6.42 Å². The lowest BCUT2D eigenvalue weighted by Crippen LogP contribution is -1.98. The number of nitrogens with two attached hydrogens (primary N) is 1. The van der Waals surface area contributed by atoms with E-state index in [4.69, 9.17) is 5.73 Å². The second-order valence-electron chi connectivity index (χ2n) is 3.18. The first-order valence-corrected chi connectivity index (χ1v) is 5.49. The second kappa shape index (κ2) is 4.97. The summed E-state index contributed by atoms with van der Waals surface area (Å²) in [4.78, 5) is 14.2. The SMILES string of the molecule is CCC(C)Sc1cc([N+](=O)[O-])cc(N)n1. The van der Waals surface area contributed by atoms with Gasteiger partial charge in [-0.05, 0) is 6.42 Å². The number of hydrogen-bond donors (Lipinski definition) is 1. The molecule has 0 aliphatic carbocycles. The Morgan fingerprint density at radius 3 is 2.87 bits per heavy atom. The standard InChI is InChI=1S/C9H13N3O2S/c1-3-6(2)15-9-5-7(12(13)14)4-8(10)11-9/h4-6H,3H2,1-2H3,(H2,10,11). The average molecular weight is 227 g/mol. The van der Waals surface area contributed by atoms with Crippen LogP contribution in [0.3, 0.4) is 0 Å². The number of nitrogen functional groups attached to an aromatic ring is 1. The van der Waals surface area contributed by atoms with E-state index >= 15 is 0 Å². The molecule has 0 saturated heterocycles. The first kappa shape index (κ1) is 11.8. The van der Waals surface area contributed by atoms with Crippen molar-refractivity contribution in [3.8, 4) is 0 Å². The number of thioether (sulfide) groups is 1. The Kier molecular flexibility index (Phi) is 3.90. The average Bonchev–Trinajstić information content (AvgIpc) is 2.16. The van der Waals surface area contributed by atoms with Gasteiger partial charge in [-0.25, -0.2) is 4.98 Å². The summed E-state index contributed by atoms with van der Waals surface area (Å²) in [5.74, 6) is 0.190. The largest absolute Gasteiger partial charge is 0.383 e. The summed E-state index contributed by atoms with van der Waals surface area (Å²) in [5.41, 5.74) is 5.48. The number of aromatic nitrogens is 1. The summed E-state index contributed by atoms with van der Waals surface area (Å²) >= 11 is 1.49. The lowest BCUT2D eigenvalue weighted by Gasteiger charge is -2.07. The summed E-state index contributed by atoms with van der Waals surface area (Å²) < 4.78 is 0. The van der Waals surface area contributed by atoms with Crippen LogP contribution in [0.2, 0.25) is 0 Å².